The summed E-state index contributed by atoms with van der Waals surface area (Å²) in [6.07, 6.45) is 1.83. The monoisotopic (exact) mass is 515 g/mol. The molecule has 0 aliphatic heterocycles. The Labute approximate surface area is 213 Å². The number of anilines is 1. The quantitative estimate of drug-likeness (QED) is 0.415. The number of rotatable bonds is 11. The van der Waals surface area contributed by atoms with E-state index in [4.69, 9.17) is 21.1 Å². The smallest absolute Gasteiger partial charge is 0.332 e. The van der Waals surface area contributed by atoms with Crippen LogP contribution in [-0.4, -0.2) is 35.0 Å². The number of aromatic nitrogens is 2. The lowest BCUT2D eigenvalue weighted by Crippen LogP contribution is -2.43. The first-order valence-corrected chi connectivity index (χ1v) is 12.0. The highest BCUT2D eigenvalue weighted by Crippen LogP contribution is 2.35. The Morgan fingerprint density at radius 1 is 1.00 bits per heavy atom. The number of halogens is 1. The van der Waals surface area contributed by atoms with Crippen molar-refractivity contribution in [1.82, 2.24) is 9.13 Å². The Balaban J connectivity index is 1.94. The SMILES string of the molecule is COc1cc(OC)c(NC(=O)Cn2c(=O)n(CC(=O)CCCC(C)C)c(=O)c3ccccc32)cc1Cl. The van der Waals surface area contributed by atoms with Crippen LogP contribution in [0.25, 0.3) is 10.9 Å². The van der Waals surface area contributed by atoms with Crippen LogP contribution >= 0.6 is 11.6 Å². The molecule has 0 bridgehead atoms. The largest absolute Gasteiger partial charge is 0.495 e. The van der Waals surface area contributed by atoms with Crippen molar-refractivity contribution >= 4 is 39.9 Å². The maximum atomic E-state index is 13.3. The number of ether oxygens (including phenoxy) is 2. The summed E-state index contributed by atoms with van der Waals surface area (Å²) in [5, 5.41) is 3.19. The van der Waals surface area contributed by atoms with Crippen molar-refractivity contribution in [3.63, 3.8) is 0 Å². The van der Waals surface area contributed by atoms with Gasteiger partial charge in [0.15, 0.2) is 5.78 Å². The summed E-state index contributed by atoms with van der Waals surface area (Å²) in [7, 11) is 2.89. The number of nitrogens with zero attached hydrogens (tertiary/aromatic N) is 2. The van der Waals surface area contributed by atoms with Crippen LogP contribution in [0.3, 0.4) is 0 Å². The minimum absolute atomic E-state index is 0.209. The number of nitrogens with one attached hydrogen (secondary N) is 1. The molecule has 3 aromatic rings. The van der Waals surface area contributed by atoms with Gasteiger partial charge in [0.05, 0.1) is 42.4 Å². The molecule has 1 N–H and O–H groups in total. The highest BCUT2D eigenvalue weighted by atomic mass is 35.5. The standard InChI is InChI=1S/C26H30ClN3O6/c1-16(2)8-7-9-17(31)14-30-25(33)18-10-5-6-11-21(18)29(26(30)34)15-24(32)28-20-12-19(27)22(35-3)13-23(20)36-4/h5-6,10-13,16H,7-9,14-15H2,1-4H3,(H,28,32). The molecule has 0 atom stereocenters. The first-order chi connectivity index (χ1) is 17.2. The third kappa shape index (κ3) is 6.15. The average molecular weight is 516 g/mol. The Kier molecular flexibility index (Phi) is 8.93. The fourth-order valence-electron chi connectivity index (χ4n) is 3.92. The minimum Gasteiger partial charge on any atom is -0.495 e. The van der Waals surface area contributed by atoms with Crippen molar-refractivity contribution in [2.45, 2.75) is 46.2 Å². The zero-order valence-electron chi connectivity index (χ0n) is 20.8. The van der Waals surface area contributed by atoms with Crippen LogP contribution in [0.5, 0.6) is 11.5 Å². The molecule has 1 aromatic heterocycles. The molecule has 0 saturated carbocycles. The number of para-hydroxylation sites is 1. The second kappa shape index (κ2) is 11.9. The third-order valence-corrected chi connectivity index (χ3v) is 6.05. The summed E-state index contributed by atoms with van der Waals surface area (Å²) in [6.45, 7) is 3.40. The van der Waals surface area contributed by atoms with Gasteiger partial charge >= 0.3 is 5.69 Å². The maximum absolute atomic E-state index is 13.3. The van der Waals surface area contributed by atoms with E-state index < -0.39 is 23.7 Å². The predicted molar refractivity (Wildman–Crippen MR) is 139 cm³/mol. The van der Waals surface area contributed by atoms with Crippen molar-refractivity contribution in [1.29, 1.82) is 0 Å². The Bertz CT molecular complexity index is 1390. The van der Waals surface area contributed by atoms with E-state index >= 15 is 0 Å². The second-order valence-electron chi connectivity index (χ2n) is 8.84. The van der Waals surface area contributed by atoms with E-state index in [9.17, 15) is 19.2 Å². The van der Waals surface area contributed by atoms with Gasteiger partial charge in [0.2, 0.25) is 5.91 Å². The van der Waals surface area contributed by atoms with Gasteiger partial charge in [0.25, 0.3) is 5.56 Å². The van der Waals surface area contributed by atoms with Crippen LogP contribution in [0.15, 0.2) is 46.0 Å². The van der Waals surface area contributed by atoms with E-state index in [2.05, 4.69) is 19.2 Å². The van der Waals surface area contributed by atoms with Crippen LogP contribution < -0.4 is 26.0 Å². The van der Waals surface area contributed by atoms with Crippen molar-refractivity contribution in [3.8, 4) is 11.5 Å². The summed E-state index contributed by atoms with van der Waals surface area (Å²) in [4.78, 5) is 51.9. The van der Waals surface area contributed by atoms with Crippen LogP contribution in [0.2, 0.25) is 5.02 Å². The predicted octanol–water partition coefficient (Wildman–Crippen LogP) is 3.87. The van der Waals surface area contributed by atoms with Crippen molar-refractivity contribution in [3.05, 3.63) is 62.3 Å². The molecule has 0 aliphatic rings. The van der Waals surface area contributed by atoms with Gasteiger partial charge in [-0.2, -0.15) is 0 Å². The maximum Gasteiger partial charge on any atom is 0.332 e. The first kappa shape index (κ1) is 27.0. The number of ketones is 1. The molecule has 0 aliphatic carbocycles. The van der Waals surface area contributed by atoms with E-state index in [1.54, 1.807) is 24.3 Å². The number of carbonyl (C=O) groups excluding carboxylic acids is 2. The van der Waals surface area contributed by atoms with Gasteiger partial charge < -0.3 is 14.8 Å². The van der Waals surface area contributed by atoms with Crippen LogP contribution in [0, 0.1) is 5.92 Å². The molecular weight excluding hydrogens is 486 g/mol. The zero-order chi connectivity index (χ0) is 26.4. The van der Waals surface area contributed by atoms with Gasteiger partial charge in [-0.25, -0.2) is 4.79 Å². The van der Waals surface area contributed by atoms with E-state index in [0.717, 1.165) is 11.0 Å². The molecule has 0 spiro atoms. The van der Waals surface area contributed by atoms with E-state index in [1.165, 1.54) is 30.9 Å². The number of fused-ring (bicyclic) bond motifs is 1. The molecule has 0 radical (unpaired) electrons. The van der Waals surface area contributed by atoms with E-state index in [0.29, 0.717) is 35.0 Å². The lowest BCUT2D eigenvalue weighted by molar-refractivity contribution is -0.119. The molecule has 0 unspecified atom stereocenters. The highest BCUT2D eigenvalue weighted by molar-refractivity contribution is 6.32. The fourth-order valence-corrected chi connectivity index (χ4v) is 4.16. The Morgan fingerprint density at radius 2 is 1.69 bits per heavy atom. The molecule has 2 aromatic carbocycles. The van der Waals surface area contributed by atoms with Crippen LogP contribution in [0.1, 0.15) is 33.1 Å². The number of methoxy groups -OCH3 is 2. The van der Waals surface area contributed by atoms with Gasteiger partial charge in [0, 0.05) is 12.5 Å². The van der Waals surface area contributed by atoms with E-state index in [-0.39, 0.29) is 29.2 Å². The molecule has 1 amide bonds. The minimum atomic E-state index is -0.731. The second-order valence-corrected chi connectivity index (χ2v) is 9.24. The number of hydrogen-bond donors (Lipinski definition) is 1. The molecule has 0 saturated heterocycles. The molecule has 192 valence electrons. The summed E-state index contributed by atoms with van der Waals surface area (Å²) >= 11 is 6.19. The topological polar surface area (TPSA) is 109 Å². The zero-order valence-corrected chi connectivity index (χ0v) is 21.6. The number of benzene rings is 2. The number of Topliss-reactive ketones (excluding diaryl/α,β-unsaturated/α-hetero) is 1. The molecule has 0 fully saturated rings. The summed E-state index contributed by atoms with van der Waals surface area (Å²) in [6, 6.07) is 9.50. The average Bonchev–Trinajstić information content (AvgIpc) is 2.84. The molecule has 9 nitrogen and oxygen atoms in total. The first-order valence-electron chi connectivity index (χ1n) is 11.6. The lowest BCUT2D eigenvalue weighted by Gasteiger charge is -2.16. The Hall–Kier alpha value is -3.59. The molecular formula is C26H30ClN3O6. The molecule has 1 heterocycles. The van der Waals surface area contributed by atoms with E-state index in [1.807, 2.05) is 0 Å². The van der Waals surface area contributed by atoms with Gasteiger partial charge in [0.1, 0.15) is 18.0 Å². The third-order valence-electron chi connectivity index (χ3n) is 5.75. The summed E-state index contributed by atoms with van der Waals surface area (Å²) in [5.41, 5.74) is -0.705. The lowest BCUT2D eigenvalue weighted by atomic mass is 10.0. The normalized spacial score (nSPS) is 11.1. The van der Waals surface area contributed by atoms with Gasteiger partial charge in [-0.3, -0.25) is 23.5 Å². The van der Waals surface area contributed by atoms with Crippen molar-refractivity contribution < 1.29 is 19.1 Å². The van der Waals surface area contributed by atoms with Gasteiger partial charge in [-0.05, 0) is 30.5 Å². The van der Waals surface area contributed by atoms with Crippen molar-refractivity contribution in [2.75, 3.05) is 19.5 Å². The summed E-state index contributed by atoms with van der Waals surface area (Å²) < 4.78 is 12.6. The van der Waals surface area contributed by atoms with Gasteiger partial charge in [-0.1, -0.05) is 44.0 Å². The van der Waals surface area contributed by atoms with Crippen molar-refractivity contribution in [2.24, 2.45) is 5.92 Å². The Morgan fingerprint density at radius 3 is 2.36 bits per heavy atom. The number of hydrogen-bond acceptors (Lipinski definition) is 6. The number of carbonyl (C=O) groups is 2. The molecule has 3 rings (SSSR count). The number of amides is 1. The fraction of sp³-hybridized carbons (Fsp3) is 0.385. The molecule has 36 heavy (non-hydrogen) atoms. The van der Waals surface area contributed by atoms with Gasteiger partial charge in [-0.15, -0.1) is 0 Å². The molecule has 10 heteroatoms. The summed E-state index contributed by atoms with van der Waals surface area (Å²) in [5.74, 6) is 0.391. The van der Waals surface area contributed by atoms with Crippen LogP contribution in [-0.2, 0) is 22.7 Å². The van der Waals surface area contributed by atoms with Crippen LogP contribution in [0.4, 0.5) is 5.69 Å². The highest BCUT2D eigenvalue weighted by Gasteiger charge is 2.19.